The first-order valence-corrected chi connectivity index (χ1v) is 8.67. The molecule has 0 saturated carbocycles. The van der Waals surface area contributed by atoms with E-state index in [1.54, 1.807) is 10.6 Å². The number of rotatable bonds is 2. The Balaban J connectivity index is 2.06. The average molecular weight is 376 g/mol. The molecule has 0 N–H and O–H groups in total. The molecule has 1 saturated heterocycles. The SMILES string of the molecule is CN1CCC(n2c(=O)c(-c3c(F)cccc3F)cc3cnc(Cl)cc32)C1. The van der Waals surface area contributed by atoms with Gasteiger partial charge in [-0.15, -0.1) is 0 Å². The topological polar surface area (TPSA) is 38.1 Å². The van der Waals surface area contributed by atoms with Gasteiger partial charge in [-0.3, -0.25) is 4.79 Å². The predicted molar refractivity (Wildman–Crippen MR) is 97.5 cm³/mol. The number of hydrogen-bond donors (Lipinski definition) is 0. The Kier molecular flexibility index (Phi) is 4.25. The lowest BCUT2D eigenvalue weighted by atomic mass is 10.0. The minimum Gasteiger partial charge on any atom is -0.304 e. The predicted octanol–water partition coefficient (Wildman–Crippen LogP) is 3.87. The van der Waals surface area contributed by atoms with Crippen LogP contribution in [0.4, 0.5) is 8.78 Å². The second kappa shape index (κ2) is 6.45. The number of hydrogen-bond acceptors (Lipinski definition) is 3. The van der Waals surface area contributed by atoms with E-state index in [-0.39, 0.29) is 22.3 Å². The van der Waals surface area contributed by atoms with E-state index in [0.717, 1.165) is 25.1 Å². The quantitative estimate of drug-likeness (QED) is 0.638. The van der Waals surface area contributed by atoms with E-state index in [4.69, 9.17) is 11.6 Å². The summed E-state index contributed by atoms with van der Waals surface area (Å²) in [4.78, 5) is 19.4. The summed E-state index contributed by atoms with van der Waals surface area (Å²) < 4.78 is 30.2. The first-order chi connectivity index (χ1) is 12.5. The summed E-state index contributed by atoms with van der Waals surface area (Å²) in [6.45, 7) is 1.52. The molecule has 1 atom stereocenters. The number of nitrogens with zero attached hydrogens (tertiary/aromatic N) is 3. The maximum absolute atomic E-state index is 14.3. The molecule has 7 heteroatoms. The van der Waals surface area contributed by atoms with Crippen molar-refractivity contribution in [2.45, 2.75) is 12.5 Å². The van der Waals surface area contributed by atoms with Gasteiger partial charge in [0, 0.05) is 18.1 Å². The van der Waals surface area contributed by atoms with Crippen LogP contribution in [0.5, 0.6) is 0 Å². The van der Waals surface area contributed by atoms with Crippen molar-refractivity contribution in [2.24, 2.45) is 0 Å². The van der Waals surface area contributed by atoms with Gasteiger partial charge in [-0.1, -0.05) is 17.7 Å². The zero-order valence-corrected chi connectivity index (χ0v) is 14.8. The Morgan fingerprint density at radius 2 is 1.96 bits per heavy atom. The highest BCUT2D eigenvalue weighted by Crippen LogP contribution is 2.30. The van der Waals surface area contributed by atoms with Crippen LogP contribution in [0.1, 0.15) is 12.5 Å². The van der Waals surface area contributed by atoms with Crippen molar-refractivity contribution in [3.63, 3.8) is 0 Å². The van der Waals surface area contributed by atoms with E-state index >= 15 is 0 Å². The second-order valence-electron chi connectivity index (χ2n) is 6.60. The summed E-state index contributed by atoms with van der Waals surface area (Å²) in [6.07, 6.45) is 2.29. The van der Waals surface area contributed by atoms with E-state index in [9.17, 15) is 13.6 Å². The van der Waals surface area contributed by atoms with Crippen LogP contribution in [-0.2, 0) is 0 Å². The Labute approximate surface area is 153 Å². The number of pyridine rings is 2. The van der Waals surface area contributed by atoms with Crippen molar-refractivity contribution >= 4 is 22.5 Å². The number of fused-ring (bicyclic) bond motifs is 1. The van der Waals surface area contributed by atoms with Crippen LogP contribution in [-0.4, -0.2) is 34.6 Å². The molecule has 0 spiro atoms. The minimum atomic E-state index is -0.765. The molecule has 26 heavy (non-hydrogen) atoms. The van der Waals surface area contributed by atoms with Gasteiger partial charge in [0.15, 0.2) is 0 Å². The Hall–Kier alpha value is -2.31. The third-order valence-electron chi connectivity index (χ3n) is 4.85. The Morgan fingerprint density at radius 1 is 1.23 bits per heavy atom. The van der Waals surface area contributed by atoms with Crippen LogP contribution >= 0.6 is 11.6 Å². The molecule has 1 fully saturated rings. The van der Waals surface area contributed by atoms with Crippen LogP contribution in [0.3, 0.4) is 0 Å². The molecule has 4 rings (SSSR count). The van der Waals surface area contributed by atoms with Crippen LogP contribution in [0.25, 0.3) is 22.0 Å². The van der Waals surface area contributed by atoms with Crippen molar-refractivity contribution < 1.29 is 8.78 Å². The number of halogens is 3. The normalized spacial score (nSPS) is 17.9. The zero-order valence-electron chi connectivity index (χ0n) is 14.0. The third kappa shape index (κ3) is 2.79. The standard InChI is InChI=1S/C19H16ClF2N3O/c1-24-6-5-12(10-24)25-16-8-17(20)23-9-11(16)7-13(19(25)26)18-14(21)3-2-4-15(18)22/h2-4,7-9,12H,5-6,10H2,1H3. The molecule has 1 aromatic carbocycles. The molecule has 1 unspecified atom stereocenters. The molecular weight excluding hydrogens is 360 g/mol. The van der Waals surface area contributed by atoms with E-state index in [1.807, 2.05) is 7.05 Å². The summed E-state index contributed by atoms with van der Waals surface area (Å²) >= 11 is 6.03. The molecule has 0 radical (unpaired) electrons. The fourth-order valence-electron chi connectivity index (χ4n) is 3.63. The van der Waals surface area contributed by atoms with Gasteiger partial charge < -0.3 is 9.47 Å². The number of likely N-dealkylation sites (N-methyl/N-ethyl adjacent to an activating group) is 1. The van der Waals surface area contributed by atoms with Crippen LogP contribution in [0.2, 0.25) is 5.15 Å². The van der Waals surface area contributed by atoms with E-state index in [2.05, 4.69) is 9.88 Å². The molecule has 1 aliphatic rings. The number of aromatic nitrogens is 2. The number of benzene rings is 1. The largest absolute Gasteiger partial charge is 0.304 e. The van der Waals surface area contributed by atoms with Gasteiger partial charge in [0.25, 0.3) is 5.56 Å². The molecule has 3 aromatic rings. The summed E-state index contributed by atoms with van der Waals surface area (Å²) in [5.41, 5.74) is -0.124. The first kappa shape index (κ1) is 17.1. The fourth-order valence-corrected chi connectivity index (χ4v) is 3.78. The third-order valence-corrected chi connectivity index (χ3v) is 5.06. The summed E-state index contributed by atoms with van der Waals surface area (Å²) in [6, 6.07) is 6.59. The van der Waals surface area contributed by atoms with E-state index in [1.165, 1.54) is 18.3 Å². The maximum atomic E-state index is 14.3. The first-order valence-electron chi connectivity index (χ1n) is 8.29. The van der Waals surface area contributed by atoms with Gasteiger partial charge in [0.05, 0.1) is 22.7 Å². The maximum Gasteiger partial charge on any atom is 0.259 e. The number of likely N-dealkylation sites (tertiary alicyclic amines) is 1. The molecule has 3 heterocycles. The summed E-state index contributed by atoms with van der Waals surface area (Å²) in [5.74, 6) is -1.53. The van der Waals surface area contributed by atoms with Crippen molar-refractivity contribution in [3.8, 4) is 11.1 Å². The lowest BCUT2D eigenvalue weighted by Crippen LogP contribution is -2.28. The van der Waals surface area contributed by atoms with Crippen molar-refractivity contribution in [3.05, 3.63) is 63.7 Å². The van der Waals surface area contributed by atoms with Crippen molar-refractivity contribution in [1.29, 1.82) is 0 Å². The van der Waals surface area contributed by atoms with Crippen LogP contribution < -0.4 is 5.56 Å². The summed E-state index contributed by atoms with van der Waals surface area (Å²) in [7, 11) is 1.97. The lowest BCUT2D eigenvalue weighted by Gasteiger charge is -2.19. The van der Waals surface area contributed by atoms with Gasteiger partial charge >= 0.3 is 0 Å². The monoisotopic (exact) mass is 375 g/mol. The van der Waals surface area contributed by atoms with Gasteiger partial charge in [-0.25, -0.2) is 13.8 Å². The lowest BCUT2D eigenvalue weighted by molar-refractivity contribution is 0.393. The molecule has 0 amide bonds. The Bertz CT molecular complexity index is 1050. The fraction of sp³-hybridized carbons (Fsp3) is 0.263. The minimum absolute atomic E-state index is 0.00762. The highest BCUT2D eigenvalue weighted by atomic mass is 35.5. The van der Waals surface area contributed by atoms with Crippen molar-refractivity contribution in [2.75, 3.05) is 20.1 Å². The van der Waals surface area contributed by atoms with Gasteiger partial charge in [0.1, 0.15) is 16.8 Å². The molecule has 134 valence electrons. The van der Waals surface area contributed by atoms with Crippen LogP contribution in [0, 0.1) is 11.6 Å². The highest BCUT2D eigenvalue weighted by Gasteiger charge is 2.26. The Morgan fingerprint density at radius 3 is 2.62 bits per heavy atom. The smallest absolute Gasteiger partial charge is 0.259 e. The van der Waals surface area contributed by atoms with Gasteiger partial charge in [0.2, 0.25) is 0 Å². The molecule has 1 aliphatic heterocycles. The highest BCUT2D eigenvalue weighted by molar-refractivity contribution is 6.30. The zero-order chi connectivity index (χ0) is 18.4. The van der Waals surface area contributed by atoms with Crippen molar-refractivity contribution in [1.82, 2.24) is 14.5 Å². The van der Waals surface area contributed by atoms with Crippen LogP contribution in [0.15, 0.2) is 41.3 Å². The van der Waals surface area contributed by atoms with E-state index in [0.29, 0.717) is 17.4 Å². The molecule has 2 aromatic heterocycles. The average Bonchev–Trinajstić information content (AvgIpc) is 3.01. The van der Waals surface area contributed by atoms with E-state index < -0.39 is 17.2 Å². The molecule has 0 aliphatic carbocycles. The molecule has 4 nitrogen and oxygen atoms in total. The molecular formula is C19H16ClF2N3O. The second-order valence-corrected chi connectivity index (χ2v) is 6.99. The summed E-state index contributed by atoms with van der Waals surface area (Å²) in [5, 5.41) is 0.878. The van der Waals surface area contributed by atoms with Gasteiger partial charge in [-0.05, 0) is 44.3 Å². The molecule has 0 bridgehead atoms. The van der Waals surface area contributed by atoms with Gasteiger partial charge in [-0.2, -0.15) is 0 Å².